The number of carboxylic acid groups (broad SMARTS) is 1. The Bertz CT molecular complexity index is 467. The van der Waals surface area contributed by atoms with Gasteiger partial charge in [-0.2, -0.15) is 0 Å². The van der Waals surface area contributed by atoms with Gasteiger partial charge in [0.1, 0.15) is 11.2 Å². The van der Waals surface area contributed by atoms with Crippen LogP contribution in [0.25, 0.3) is 0 Å². The molecular weight excluding hydrogens is 226 g/mol. The number of nitrogens with zero attached hydrogens (tertiary/aromatic N) is 1. The second-order valence-corrected chi connectivity index (χ2v) is 4.66. The van der Waals surface area contributed by atoms with Gasteiger partial charge in [0.25, 0.3) is 0 Å². The standard InChI is InChI=1S/C11H15NO5/c1-11(2,3)17-10(16)7-8(13)6(9(14)15)5-12(7)4/h5,13H,1-4H3,(H,14,15). The number of aromatic nitrogens is 1. The first-order chi connectivity index (χ1) is 7.63. The van der Waals surface area contributed by atoms with Crippen LogP contribution < -0.4 is 0 Å². The summed E-state index contributed by atoms with van der Waals surface area (Å²) < 4.78 is 6.29. The first-order valence-corrected chi connectivity index (χ1v) is 4.98. The number of carbonyl (C=O) groups is 2. The molecule has 6 heteroatoms. The summed E-state index contributed by atoms with van der Waals surface area (Å²) in [4.78, 5) is 22.5. The minimum atomic E-state index is -1.30. The SMILES string of the molecule is Cn1cc(C(=O)O)c(O)c1C(=O)OC(C)(C)C. The van der Waals surface area contributed by atoms with Gasteiger partial charge >= 0.3 is 11.9 Å². The summed E-state index contributed by atoms with van der Waals surface area (Å²) in [5.41, 5.74) is -1.21. The van der Waals surface area contributed by atoms with Gasteiger partial charge in [-0.3, -0.25) is 0 Å². The molecule has 17 heavy (non-hydrogen) atoms. The zero-order valence-electron chi connectivity index (χ0n) is 10.1. The van der Waals surface area contributed by atoms with Gasteiger partial charge in [-0.05, 0) is 20.8 Å². The molecule has 2 N–H and O–H groups in total. The molecule has 0 saturated carbocycles. The summed E-state index contributed by atoms with van der Waals surface area (Å²) in [7, 11) is 1.46. The van der Waals surface area contributed by atoms with E-state index in [1.807, 2.05) is 0 Å². The van der Waals surface area contributed by atoms with Crippen molar-refractivity contribution in [2.24, 2.45) is 7.05 Å². The Balaban J connectivity index is 3.15. The Morgan fingerprint density at radius 2 is 1.88 bits per heavy atom. The Hall–Kier alpha value is -1.98. The van der Waals surface area contributed by atoms with Crippen molar-refractivity contribution in [1.29, 1.82) is 0 Å². The molecule has 0 aliphatic heterocycles. The highest BCUT2D eigenvalue weighted by molar-refractivity contribution is 5.99. The predicted molar refractivity (Wildman–Crippen MR) is 59.2 cm³/mol. The van der Waals surface area contributed by atoms with Crippen molar-refractivity contribution >= 4 is 11.9 Å². The number of rotatable bonds is 2. The lowest BCUT2D eigenvalue weighted by Crippen LogP contribution is -2.25. The first kappa shape index (κ1) is 13.1. The second kappa shape index (κ2) is 4.12. The van der Waals surface area contributed by atoms with E-state index in [2.05, 4.69) is 0 Å². The monoisotopic (exact) mass is 241 g/mol. The molecule has 0 saturated heterocycles. The molecule has 0 fully saturated rings. The number of aromatic hydroxyl groups is 1. The average Bonchev–Trinajstić information content (AvgIpc) is 2.38. The number of aromatic carboxylic acids is 1. The molecule has 1 aromatic heterocycles. The summed E-state index contributed by atoms with van der Waals surface area (Å²) >= 11 is 0. The Morgan fingerprint density at radius 3 is 2.24 bits per heavy atom. The van der Waals surface area contributed by atoms with Crippen molar-refractivity contribution in [2.75, 3.05) is 0 Å². The maximum Gasteiger partial charge on any atom is 0.359 e. The number of carbonyl (C=O) groups excluding carboxylic acids is 1. The van der Waals surface area contributed by atoms with Crippen LogP contribution in [0.2, 0.25) is 0 Å². The summed E-state index contributed by atoms with van der Waals surface area (Å²) in [5.74, 6) is -2.63. The minimum absolute atomic E-state index is 0.169. The van der Waals surface area contributed by atoms with Gasteiger partial charge in [-0.1, -0.05) is 0 Å². The molecule has 0 aliphatic carbocycles. The molecule has 6 nitrogen and oxygen atoms in total. The van der Waals surface area contributed by atoms with Crippen molar-refractivity contribution < 1.29 is 24.5 Å². The van der Waals surface area contributed by atoms with Gasteiger partial charge in [-0.25, -0.2) is 9.59 Å². The second-order valence-electron chi connectivity index (χ2n) is 4.66. The number of aryl methyl sites for hydroxylation is 1. The van der Waals surface area contributed by atoms with Crippen molar-refractivity contribution in [3.05, 3.63) is 17.5 Å². The third kappa shape index (κ3) is 2.77. The smallest absolute Gasteiger partial charge is 0.359 e. The van der Waals surface area contributed by atoms with Crippen LogP contribution in [0.5, 0.6) is 5.75 Å². The number of hydrogen-bond acceptors (Lipinski definition) is 4. The fourth-order valence-electron chi connectivity index (χ4n) is 1.34. The third-order valence-corrected chi connectivity index (χ3v) is 1.98. The maximum atomic E-state index is 11.7. The molecule has 94 valence electrons. The molecule has 1 heterocycles. The third-order valence-electron chi connectivity index (χ3n) is 1.98. The van der Waals surface area contributed by atoms with E-state index in [1.54, 1.807) is 20.8 Å². The lowest BCUT2D eigenvalue weighted by atomic mass is 10.2. The van der Waals surface area contributed by atoms with E-state index in [0.29, 0.717) is 0 Å². The fraction of sp³-hybridized carbons (Fsp3) is 0.455. The van der Waals surface area contributed by atoms with Crippen LogP contribution in [-0.4, -0.2) is 32.3 Å². The fourth-order valence-corrected chi connectivity index (χ4v) is 1.34. The minimum Gasteiger partial charge on any atom is -0.505 e. The van der Waals surface area contributed by atoms with Gasteiger partial charge in [0.05, 0.1) is 0 Å². The van der Waals surface area contributed by atoms with E-state index in [9.17, 15) is 14.7 Å². The van der Waals surface area contributed by atoms with Crippen LogP contribution in [-0.2, 0) is 11.8 Å². The summed E-state index contributed by atoms with van der Waals surface area (Å²) in [6.45, 7) is 5.05. The van der Waals surface area contributed by atoms with Crippen LogP contribution in [0.3, 0.4) is 0 Å². The van der Waals surface area contributed by atoms with E-state index in [0.717, 1.165) is 6.20 Å². The van der Waals surface area contributed by atoms with Crippen LogP contribution in [0.15, 0.2) is 6.20 Å². The van der Waals surface area contributed by atoms with Crippen molar-refractivity contribution in [3.8, 4) is 5.75 Å². The van der Waals surface area contributed by atoms with Crippen LogP contribution >= 0.6 is 0 Å². The van der Waals surface area contributed by atoms with Gasteiger partial charge in [0, 0.05) is 13.2 Å². The quantitative estimate of drug-likeness (QED) is 0.763. The number of esters is 1. The molecule has 0 aromatic carbocycles. The van der Waals surface area contributed by atoms with Crippen LogP contribution in [0, 0.1) is 0 Å². The lowest BCUT2D eigenvalue weighted by Gasteiger charge is -2.19. The molecule has 0 radical (unpaired) electrons. The molecule has 0 bridgehead atoms. The number of hydrogen-bond donors (Lipinski definition) is 2. The summed E-state index contributed by atoms with van der Waals surface area (Å²) in [6, 6.07) is 0. The maximum absolute atomic E-state index is 11.7. The van der Waals surface area contributed by atoms with Crippen molar-refractivity contribution in [1.82, 2.24) is 4.57 Å². The number of ether oxygens (including phenoxy) is 1. The zero-order chi connectivity index (χ0) is 13.4. The zero-order valence-corrected chi connectivity index (χ0v) is 10.1. The van der Waals surface area contributed by atoms with Crippen LogP contribution in [0.1, 0.15) is 41.6 Å². The normalized spacial score (nSPS) is 11.3. The molecule has 0 amide bonds. The average molecular weight is 241 g/mol. The molecule has 0 unspecified atom stereocenters. The number of carboxylic acids is 1. The van der Waals surface area contributed by atoms with E-state index < -0.39 is 23.3 Å². The molecule has 0 spiro atoms. The molecule has 1 rings (SSSR count). The van der Waals surface area contributed by atoms with Crippen molar-refractivity contribution in [2.45, 2.75) is 26.4 Å². The summed E-state index contributed by atoms with van der Waals surface area (Å²) in [5, 5.41) is 18.4. The van der Waals surface area contributed by atoms with Gasteiger partial charge in [-0.15, -0.1) is 0 Å². The van der Waals surface area contributed by atoms with E-state index in [-0.39, 0.29) is 11.3 Å². The highest BCUT2D eigenvalue weighted by Gasteiger charge is 2.27. The first-order valence-electron chi connectivity index (χ1n) is 4.98. The Morgan fingerprint density at radius 1 is 1.35 bits per heavy atom. The summed E-state index contributed by atoms with van der Waals surface area (Å²) in [6.07, 6.45) is 1.16. The Kier molecular flexibility index (Phi) is 3.17. The van der Waals surface area contributed by atoms with Gasteiger partial charge in [0.15, 0.2) is 11.4 Å². The molecular formula is C11H15NO5. The molecule has 0 atom stereocenters. The predicted octanol–water partition coefficient (Wildman–Crippen LogP) is 1.38. The van der Waals surface area contributed by atoms with Crippen LogP contribution in [0.4, 0.5) is 0 Å². The topological polar surface area (TPSA) is 88.8 Å². The molecule has 0 aliphatic rings. The van der Waals surface area contributed by atoms with Crippen molar-refractivity contribution in [3.63, 3.8) is 0 Å². The van der Waals surface area contributed by atoms with E-state index >= 15 is 0 Å². The Labute approximate surface area is 98.4 Å². The van der Waals surface area contributed by atoms with Gasteiger partial charge < -0.3 is 19.5 Å². The lowest BCUT2D eigenvalue weighted by molar-refractivity contribution is 0.00561. The highest BCUT2D eigenvalue weighted by atomic mass is 16.6. The molecule has 1 aromatic rings. The largest absolute Gasteiger partial charge is 0.505 e. The highest BCUT2D eigenvalue weighted by Crippen LogP contribution is 2.26. The van der Waals surface area contributed by atoms with E-state index in [4.69, 9.17) is 9.84 Å². The van der Waals surface area contributed by atoms with Gasteiger partial charge in [0.2, 0.25) is 0 Å². The van der Waals surface area contributed by atoms with E-state index in [1.165, 1.54) is 11.6 Å².